The van der Waals surface area contributed by atoms with Crippen LogP contribution < -0.4 is 0 Å². The Morgan fingerprint density at radius 3 is 3.00 bits per heavy atom. The number of thioether (sulfide) groups is 1. The third kappa shape index (κ3) is 6.94. The average molecular weight is 275 g/mol. The van der Waals surface area contributed by atoms with Crippen LogP contribution >= 0.6 is 23.4 Å². The molecule has 96 valence electrons. The van der Waals surface area contributed by atoms with E-state index in [1.165, 1.54) is 0 Å². The van der Waals surface area contributed by atoms with E-state index in [1.807, 2.05) is 24.3 Å². The largest absolute Gasteiger partial charge is 0.390 e. The molecule has 0 aliphatic carbocycles. The first kappa shape index (κ1) is 14.8. The summed E-state index contributed by atoms with van der Waals surface area (Å²) in [6, 6.07) is 7.64. The standard InChI is InChI=1S/C13H19ClO2S/c1-2-3-7-16-9-12(15)10-17-13-6-4-5-11(14)8-13/h4-6,8,12,15H,2-3,7,9-10H2,1H3. The molecule has 1 N–H and O–H groups in total. The van der Waals surface area contributed by atoms with Gasteiger partial charge in [-0.3, -0.25) is 0 Å². The Labute approximate surface area is 112 Å². The maximum absolute atomic E-state index is 9.70. The number of rotatable bonds is 8. The molecular formula is C13H19ClO2S. The minimum absolute atomic E-state index is 0.410. The van der Waals surface area contributed by atoms with Gasteiger partial charge >= 0.3 is 0 Å². The van der Waals surface area contributed by atoms with Gasteiger partial charge in [0, 0.05) is 22.3 Å². The van der Waals surface area contributed by atoms with Crippen molar-refractivity contribution in [3.05, 3.63) is 29.3 Å². The van der Waals surface area contributed by atoms with Crippen molar-refractivity contribution in [1.29, 1.82) is 0 Å². The summed E-state index contributed by atoms with van der Waals surface area (Å²) in [5.41, 5.74) is 0. The number of unbranched alkanes of at least 4 members (excludes halogenated alkanes) is 1. The Hall–Kier alpha value is -0.220. The first-order valence-electron chi connectivity index (χ1n) is 5.86. The molecule has 1 rings (SSSR count). The molecule has 1 unspecified atom stereocenters. The van der Waals surface area contributed by atoms with Crippen molar-refractivity contribution in [2.45, 2.75) is 30.8 Å². The number of hydrogen-bond donors (Lipinski definition) is 1. The van der Waals surface area contributed by atoms with Gasteiger partial charge in [-0.1, -0.05) is 31.0 Å². The maximum atomic E-state index is 9.70. The highest BCUT2D eigenvalue weighted by Gasteiger charge is 2.05. The lowest BCUT2D eigenvalue weighted by Crippen LogP contribution is -2.18. The highest BCUT2D eigenvalue weighted by Crippen LogP contribution is 2.22. The van der Waals surface area contributed by atoms with Crippen LogP contribution in [0.2, 0.25) is 5.02 Å². The van der Waals surface area contributed by atoms with Crippen LogP contribution in [-0.4, -0.2) is 30.2 Å². The molecule has 0 spiro atoms. The molecule has 0 aliphatic rings. The number of ether oxygens (including phenoxy) is 1. The zero-order valence-corrected chi connectivity index (χ0v) is 11.6. The molecule has 0 aromatic heterocycles. The predicted molar refractivity (Wildman–Crippen MR) is 73.9 cm³/mol. The first-order valence-corrected chi connectivity index (χ1v) is 7.23. The Bertz CT molecular complexity index is 320. The summed E-state index contributed by atoms with van der Waals surface area (Å²) < 4.78 is 5.36. The van der Waals surface area contributed by atoms with Crippen LogP contribution in [0.3, 0.4) is 0 Å². The van der Waals surface area contributed by atoms with Gasteiger partial charge in [-0.05, 0) is 24.6 Å². The first-order chi connectivity index (χ1) is 8.22. The SMILES string of the molecule is CCCCOCC(O)CSc1cccc(Cl)c1. The van der Waals surface area contributed by atoms with Crippen molar-refractivity contribution < 1.29 is 9.84 Å². The Morgan fingerprint density at radius 1 is 1.47 bits per heavy atom. The van der Waals surface area contributed by atoms with Crippen LogP contribution in [0, 0.1) is 0 Å². The average Bonchev–Trinajstić information content (AvgIpc) is 2.32. The third-order valence-electron chi connectivity index (χ3n) is 2.19. The highest BCUT2D eigenvalue weighted by molar-refractivity contribution is 7.99. The van der Waals surface area contributed by atoms with E-state index in [-0.39, 0.29) is 0 Å². The third-order valence-corrected chi connectivity index (χ3v) is 3.56. The van der Waals surface area contributed by atoms with E-state index in [0.29, 0.717) is 12.4 Å². The maximum Gasteiger partial charge on any atom is 0.0867 e. The second kappa shape index (κ2) is 8.81. The summed E-state index contributed by atoms with van der Waals surface area (Å²) in [6.07, 6.45) is 1.75. The molecule has 4 heteroatoms. The lowest BCUT2D eigenvalue weighted by molar-refractivity contribution is 0.0473. The van der Waals surface area contributed by atoms with Gasteiger partial charge in [0.1, 0.15) is 0 Å². The second-order valence-corrected chi connectivity index (χ2v) is 5.38. The van der Waals surface area contributed by atoms with E-state index < -0.39 is 6.10 Å². The normalized spacial score (nSPS) is 12.6. The molecule has 0 fully saturated rings. The van der Waals surface area contributed by atoms with Gasteiger partial charge in [-0.2, -0.15) is 0 Å². The van der Waals surface area contributed by atoms with Crippen LogP contribution in [0.4, 0.5) is 0 Å². The van der Waals surface area contributed by atoms with Gasteiger partial charge in [0.25, 0.3) is 0 Å². The molecule has 0 saturated heterocycles. The van der Waals surface area contributed by atoms with E-state index in [2.05, 4.69) is 6.92 Å². The molecule has 1 aromatic rings. The topological polar surface area (TPSA) is 29.5 Å². The zero-order chi connectivity index (χ0) is 12.5. The van der Waals surface area contributed by atoms with E-state index in [1.54, 1.807) is 11.8 Å². The van der Waals surface area contributed by atoms with Gasteiger partial charge < -0.3 is 9.84 Å². The smallest absolute Gasteiger partial charge is 0.0867 e. The number of aliphatic hydroxyl groups is 1. The van der Waals surface area contributed by atoms with Gasteiger partial charge in [0.15, 0.2) is 0 Å². The van der Waals surface area contributed by atoms with Crippen LogP contribution in [0.5, 0.6) is 0 Å². The number of halogens is 1. The lowest BCUT2D eigenvalue weighted by Gasteiger charge is -2.10. The second-order valence-electron chi connectivity index (χ2n) is 3.85. The van der Waals surface area contributed by atoms with Gasteiger partial charge in [-0.25, -0.2) is 0 Å². The van der Waals surface area contributed by atoms with E-state index in [9.17, 15) is 5.11 Å². The molecule has 1 aromatic carbocycles. The molecule has 2 nitrogen and oxygen atoms in total. The van der Waals surface area contributed by atoms with Crippen LogP contribution in [0.15, 0.2) is 29.2 Å². The fourth-order valence-electron chi connectivity index (χ4n) is 1.26. The van der Waals surface area contributed by atoms with Crippen molar-refractivity contribution in [2.75, 3.05) is 19.0 Å². The van der Waals surface area contributed by atoms with Crippen molar-refractivity contribution >= 4 is 23.4 Å². The molecule has 17 heavy (non-hydrogen) atoms. The Kier molecular flexibility index (Phi) is 7.69. The fourth-order valence-corrected chi connectivity index (χ4v) is 2.38. The summed E-state index contributed by atoms with van der Waals surface area (Å²) in [5, 5.41) is 10.4. The van der Waals surface area contributed by atoms with Gasteiger partial charge in [-0.15, -0.1) is 11.8 Å². The molecule has 0 saturated carbocycles. The van der Waals surface area contributed by atoms with Crippen molar-refractivity contribution in [2.24, 2.45) is 0 Å². The fraction of sp³-hybridized carbons (Fsp3) is 0.538. The monoisotopic (exact) mass is 274 g/mol. The number of hydrogen-bond acceptors (Lipinski definition) is 3. The lowest BCUT2D eigenvalue weighted by atomic mass is 10.3. The van der Waals surface area contributed by atoms with Crippen molar-refractivity contribution in [3.8, 4) is 0 Å². The summed E-state index contributed by atoms with van der Waals surface area (Å²) >= 11 is 7.47. The van der Waals surface area contributed by atoms with Crippen LogP contribution in [-0.2, 0) is 4.74 Å². The number of aliphatic hydroxyl groups excluding tert-OH is 1. The quantitative estimate of drug-likeness (QED) is 0.580. The molecule has 1 atom stereocenters. The summed E-state index contributed by atoms with van der Waals surface area (Å²) in [5.74, 6) is 0.631. The minimum atomic E-state index is -0.421. The van der Waals surface area contributed by atoms with Crippen molar-refractivity contribution in [3.63, 3.8) is 0 Å². The summed E-state index contributed by atoms with van der Waals surface area (Å²) in [7, 11) is 0. The molecule has 0 heterocycles. The molecular weight excluding hydrogens is 256 g/mol. The predicted octanol–water partition coefficient (Wildman–Crippen LogP) is 3.61. The number of benzene rings is 1. The Balaban J connectivity index is 2.17. The van der Waals surface area contributed by atoms with E-state index in [0.717, 1.165) is 29.4 Å². The summed E-state index contributed by atoms with van der Waals surface area (Å²) in [4.78, 5) is 1.07. The van der Waals surface area contributed by atoms with Crippen molar-refractivity contribution in [1.82, 2.24) is 0 Å². The van der Waals surface area contributed by atoms with E-state index >= 15 is 0 Å². The van der Waals surface area contributed by atoms with Crippen LogP contribution in [0.25, 0.3) is 0 Å². The van der Waals surface area contributed by atoms with Gasteiger partial charge in [0.05, 0.1) is 12.7 Å². The van der Waals surface area contributed by atoms with Crippen LogP contribution in [0.1, 0.15) is 19.8 Å². The van der Waals surface area contributed by atoms with Gasteiger partial charge in [0.2, 0.25) is 0 Å². The zero-order valence-electron chi connectivity index (χ0n) is 10.1. The van der Waals surface area contributed by atoms with E-state index in [4.69, 9.17) is 16.3 Å². The molecule has 0 amide bonds. The minimum Gasteiger partial charge on any atom is -0.390 e. The molecule has 0 bridgehead atoms. The highest BCUT2D eigenvalue weighted by atomic mass is 35.5. The molecule has 0 radical (unpaired) electrons. The molecule has 0 aliphatic heterocycles. The Morgan fingerprint density at radius 2 is 2.29 bits per heavy atom. The summed E-state index contributed by atoms with van der Waals surface area (Å²) in [6.45, 7) is 3.26.